The highest BCUT2D eigenvalue weighted by molar-refractivity contribution is 6.42. The summed E-state index contributed by atoms with van der Waals surface area (Å²) in [6.45, 7) is 1.67. The van der Waals surface area contributed by atoms with E-state index in [1.54, 1.807) is 25.1 Å². The zero-order valence-electron chi connectivity index (χ0n) is 8.65. The molecule has 0 saturated carbocycles. The average molecular weight is 263 g/mol. The molecule has 0 aliphatic rings. The molecular formula is C11H12Cl2O3. The van der Waals surface area contributed by atoms with Gasteiger partial charge in [-0.2, -0.15) is 0 Å². The molecule has 0 aromatic heterocycles. The van der Waals surface area contributed by atoms with Crippen LogP contribution in [0.3, 0.4) is 0 Å². The Morgan fingerprint density at radius 3 is 2.50 bits per heavy atom. The predicted octanol–water partition coefficient (Wildman–Crippen LogP) is 3.14. The Kier molecular flexibility index (Phi) is 4.59. The molecule has 0 saturated heterocycles. The molecule has 5 heteroatoms. The third kappa shape index (κ3) is 3.37. The fraction of sp³-hybridized carbons (Fsp3) is 0.364. The smallest absolute Gasteiger partial charge is 0.303 e. The van der Waals surface area contributed by atoms with Gasteiger partial charge in [0.2, 0.25) is 0 Å². The van der Waals surface area contributed by atoms with Gasteiger partial charge in [-0.1, -0.05) is 36.2 Å². The minimum atomic E-state index is -0.938. The summed E-state index contributed by atoms with van der Waals surface area (Å²) in [6.07, 6.45) is -0.952. The fourth-order valence-corrected chi connectivity index (χ4v) is 1.72. The van der Waals surface area contributed by atoms with Gasteiger partial charge in [-0.15, -0.1) is 0 Å². The molecule has 0 heterocycles. The first-order valence-electron chi connectivity index (χ1n) is 4.76. The summed E-state index contributed by atoms with van der Waals surface area (Å²) in [5, 5.41) is 19.3. The van der Waals surface area contributed by atoms with Crippen molar-refractivity contribution in [2.45, 2.75) is 19.4 Å². The summed E-state index contributed by atoms with van der Waals surface area (Å²) in [7, 11) is 0. The van der Waals surface area contributed by atoms with Crippen LogP contribution < -0.4 is 0 Å². The third-order valence-electron chi connectivity index (χ3n) is 2.32. The van der Waals surface area contributed by atoms with Crippen molar-refractivity contribution in [2.75, 3.05) is 0 Å². The third-order valence-corrected chi connectivity index (χ3v) is 3.06. The maximum Gasteiger partial charge on any atom is 0.303 e. The van der Waals surface area contributed by atoms with Crippen molar-refractivity contribution in [1.29, 1.82) is 0 Å². The first kappa shape index (κ1) is 13.3. The second-order valence-electron chi connectivity index (χ2n) is 3.69. The van der Waals surface area contributed by atoms with E-state index in [4.69, 9.17) is 28.3 Å². The summed E-state index contributed by atoms with van der Waals surface area (Å²) in [6, 6.07) is 4.76. The number of carboxylic acid groups (broad SMARTS) is 1. The zero-order valence-corrected chi connectivity index (χ0v) is 10.2. The molecule has 2 unspecified atom stereocenters. The lowest BCUT2D eigenvalue weighted by molar-refractivity contribution is -0.139. The molecule has 16 heavy (non-hydrogen) atoms. The van der Waals surface area contributed by atoms with Crippen molar-refractivity contribution in [3.8, 4) is 0 Å². The van der Waals surface area contributed by atoms with Gasteiger partial charge in [-0.3, -0.25) is 4.79 Å². The molecule has 0 fully saturated rings. The molecule has 1 aromatic rings. The van der Waals surface area contributed by atoms with Crippen molar-refractivity contribution in [3.63, 3.8) is 0 Å². The first-order chi connectivity index (χ1) is 7.41. The maximum atomic E-state index is 10.5. The summed E-state index contributed by atoms with van der Waals surface area (Å²) >= 11 is 11.6. The molecule has 0 amide bonds. The van der Waals surface area contributed by atoms with Crippen molar-refractivity contribution >= 4 is 29.2 Å². The molecular weight excluding hydrogens is 251 g/mol. The Balaban J connectivity index is 2.83. The average Bonchev–Trinajstić information content (AvgIpc) is 2.20. The van der Waals surface area contributed by atoms with Crippen LogP contribution in [0.1, 0.15) is 25.0 Å². The Morgan fingerprint density at radius 2 is 2.00 bits per heavy atom. The van der Waals surface area contributed by atoms with Crippen LogP contribution in [-0.4, -0.2) is 16.2 Å². The van der Waals surface area contributed by atoms with E-state index in [2.05, 4.69) is 0 Å². The van der Waals surface area contributed by atoms with Gasteiger partial charge in [-0.05, 0) is 23.6 Å². The highest BCUT2D eigenvalue weighted by Crippen LogP contribution is 2.29. The van der Waals surface area contributed by atoms with Gasteiger partial charge in [-0.25, -0.2) is 0 Å². The number of benzene rings is 1. The zero-order chi connectivity index (χ0) is 12.3. The lowest BCUT2D eigenvalue weighted by Gasteiger charge is -2.17. The van der Waals surface area contributed by atoms with Crippen molar-refractivity contribution in [3.05, 3.63) is 33.8 Å². The number of halogens is 2. The van der Waals surface area contributed by atoms with Gasteiger partial charge in [0.25, 0.3) is 0 Å². The Labute approximate surface area is 104 Å². The van der Waals surface area contributed by atoms with Crippen LogP contribution >= 0.6 is 23.2 Å². The van der Waals surface area contributed by atoms with Gasteiger partial charge in [0, 0.05) is 0 Å². The van der Waals surface area contributed by atoms with Crippen LogP contribution in [0.15, 0.2) is 18.2 Å². The summed E-state index contributed by atoms with van der Waals surface area (Å²) in [5.74, 6) is -1.32. The summed E-state index contributed by atoms with van der Waals surface area (Å²) in [5.41, 5.74) is 0.572. The molecule has 0 radical (unpaired) electrons. The molecule has 0 aliphatic carbocycles. The predicted molar refractivity (Wildman–Crippen MR) is 62.8 cm³/mol. The number of aliphatic hydroxyl groups is 1. The number of hydrogen-bond donors (Lipinski definition) is 2. The second kappa shape index (κ2) is 5.53. The number of rotatable bonds is 4. The van der Waals surface area contributed by atoms with E-state index in [0.29, 0.717) is 15.6 Å². The van der Waals surface area contributed by atoms with Crippen molar-refractivity contribution in [1.82, 2.24) is 0 Å². The minimum absolute atomic E-state index is 0.0958. The Bertz CT molecular complexity index is 393. The van der Waals surface area contributed by atoms with Crippen LogP contribution in [-0.2, 0) is 4.79 Å². The number of hydrogen-bond acceptors (Lipinski definition) is 2. The second-order valence-corrected chi connectivity index (χ2v) is 4.51. The standard InChI is InChI=1S/C11H12Cl2O3/c1-6(4-10(14)15)11(16)7-2-3-8(12)9(13)5-7/h2-3,5-6,11,16H,4H2,1H3,(H,14,15). The van der Waals surface area contributed by atoms with Crippen molar-refractivity contribution < 1.29 is 15.0 Å². The number of aliphatic carboxylic acids is 1. The van der Waals surface area contributed by atoms with Gasteiger partial charge >= 0.3 is 5.97 Å². The lowest BCUT2D eigenvalue weighted by atomic mass is 9.95. The van der Waals surface area contributed by atoms with E-state index in [1.165, 1.54) is 0 Å². The van der Waals surface area contributed by atoms with E-state index in [1.807, 2.05) is 0 Å². The fourth-order valence-electron chi connectivity index (χ4n) is 1.41. The maximum absolute atomic E-state index is 10.5. The van der Waals surface area contributed by atoms with Crippen LogP contribution in [0, 0.1) is 5.92 Å². The number of carbonyl (C=O) groups is 1. The van der Waals surface area contributed by atoms with E-state index in [-0.39, 0.29) is 12.3 Å². The SMILES string of the molecule is CC(CC(=O)O)C(O)c1ccc(Cl)c(Cl)c1. The van der Waals surface area contributed by atoms with E-state index in [9.17, 15) is 9.90 Å². The molecule has 1 rings (SSSR count). The molecule has 0 bridgehead atoms. The van der Waals surface area contributed by atoms with Crippen LogP contribution in [0.2, 0.25) is 10.0 Å². The lowest BCUT2D eigenvalue weighted by Crippen LogP contribution is -2.13. The minimum Gasteiger partial charge on any atom is -0.481 e. The quantitative estimate of drug-likeness (QED) is 0.877. The van der Waals surface area contributed by atoms with E-state index < -0.39 is 12.1 Å². The molecule has 2 N–H and O–H groups in total. The molecule has 2 atom stereocenters. The van der Waals surface area contributed by atoms with Crippen LogP contribution in [0.5, 0.6) is 0 Å². The van der Waals surface area contributed by atoms with Gasteiger partial charge in [0.05, 0.1) is 22.6 Å². The molecule has 3 nitrogen and oxygen atoms in total. The molecule has 0 spiro atoms. The van der Waals surface area contributed by atoms with Gasteiger partial charge < -0.3 is 10.2 Å². The Morgan fingerprint density at radius 1 is 1.38 bits per heavy atom. The van der Waals surface area contributed by atoms with E-state index >= 15 is 0 Å². The number of carboxylic acids is 1. The molecule has 1 aromatic carbocycles. The highest BCUT2D eigenvalue weighted by atomic mass is 35.5. The molecule has 88 valence electrons. The highest BCUT2D eigenvalue weighted by Gasteiger charge is 2.19. The summed E-state index contributed by atoms with van der Waals surface area (Å²) < 4.78 is 0. The van der Waals surface area contributed by atoms with Crippen molar-refractivity contribution in [2.24, 2.45) is 5.92 Å². The number of aliphatic hydroxyl groups excluding tert-OH is 1. The first-order valence-corrected chi connectivity index (χ1v) is 5.52. The van der Waals surface area contributed by atoms with E-state index in [0.717, 1.165) is 0 Å². The van der Waals surface area contributed by atoms with Crippen LogP contribution in [0.25, 0.3) is 0 Å². The monoisotopic (exact) mass is 262 g/mol. The summed E-state index contributed by atoms with van der Waals surface area (Å²) in [4.78, 5) is 10.5. The Hall–Kier alpha value is -0.770. The van der Waals surface area contributed by atoms with Gasteiger partial charge in [0.15, 0.2) is 0 Å². The topological polar surface area (TPSA) is 57.5 Å². The van der Waals surface area contributed by atoms with Gasteiger partial charge in [0.1, 0.15) is 0 Å². The van der Waals surface area contributed by atoms with Crippen LogP contribution in [0.4, 0.5) is 0 Å². The normalized spacial score (nSPS) is 14.5. The largest absolute Gasteiger partial charge is 0.481 e. The molecule has 0 aliphatic heterocycles.